The minimum atomic E-state index is -0.415. The minimum absolute atomic E-state index is 0.218. The van der Waals surface area contributed by atoms with Gasteiger partial charge in [-0.25, -0.2) is 4.39 Å². The molecule has 0 amide bonds. The molecule has 0 saturated heterocycles. The van der Waals surface area contributed by atoms with Crippen molar-refractivity contribution in [1.82, 2.24) is 0 Å². The Labute approximate surface area is 182 Å². The maximum atomic E-state index is 14.6. The zero-order chi connectivity index (χ0) is 20.6. The van der Waals surface area contributed by atoms with Crippen LogP contribution in [0.15, 0.2) is 18.2 Å². The zero-order valence-corrected chi connectivity index (χ0v) is 19.1. The van der Waals surface area contributed by atoms with Gasteiger partial charge in [-0.1, -0.05) is 70.0 Å². The molecule has 1 fully saturated rings. The normalized spacial score (nSPS) is 25.0. The van der Waals surface area contributed by atoms with E-state index in [1.165, 1.54) is 63.4 Å². The third kappa shape index (κ3) is 6.00. The number of ether oxygens (including phenoxy) is 1. The van der Waals surface area contributed by atoms with Gasteiger partial charge in [0, 0.05) is 0 Å². The van der Waals surface area contributed by atoms with Crippen LogP contribution in [0.5, 0.6) is 5.75 Å². The first-order chi connectivity index (χ1) is 14.1. The molecule has 2 aliphatic rings. The Morgan fingerprint density at radius 3 is 2.45 bits per heavy atom. The topological polar surface area (TPSA) is 9.23 Å². The van der Waals surface area contributed by atoms with E-state index >= 15 is 0 Å². The second-order valence-electron chi connectivity index (χ2n) is 9.13. The van der Waals surface area contributed by atoms with Crippen LogP contribution in [0.2, 0.25) is 5.02 Å². The third-order valence-electron chi connectivity index (χ3n) is 7.08. The number of benzene rings is 1. The fourth-order valence-corrected chi connectivity index (χ4v) is 5.54. The monoisotopic (exact) mass is 420 g/mol. The zero-order valence-electron chi connectivity index (χ0n) is 18.3. The maximum absolute atomic E-state index is 14.6. The van der Waals surface area contributed by atoms with Crippen molar-refractivity contribution in [3.63, 3.8) is 0 Å². The van der Waals surface area contributed by atoms with Gasteiger partial charge in [0.15, 0.2) is 11.6 Å². The summed E-state index contributed by atoms with van der Waals surface area (Å²) >= 11 is 6.37. The first kappa shape index (κ1) is 22.7. The van der Waals surface area contributed by atoms with Crippen LogP contribution < -0.4 is 4.74 Å². The average Bonchev–Trinajstić information content (AvgIpc) is 2.76. The summed E-state index contributed by atoms with van der Waals surface area (Å²) in [5.74, 6) is 2.51. The molecule has 1 nitrogen and oxygen atoms in total. The summed E-state index contributed by atoms with van der Waals surface area (Å²) in [4.78, 5) is 0. The van der Waals surface area contributed by atoms with Gasteiger partial charge in [-0.15, -0.1) is 0 Å². The van der Waals surface area contributed by atoms with E-state index in [9.17, 15) is 4.39 Å². The molecule has 2 aliphatic carbocycles. The second kappa shape index (κ2) is 11.4. The van der Waals surface area contributed by atoms with Crippen LogP contribution in [0.1, 0.15) is 96.5 Å². The standard InChI is InChI=1S/C26H38ClFO/c1-3-5-6-7-19-8-10-20(11-9-19)21-12-14-22(15-13-21)23-16-17-24(29-18-4-2)26(28)25(23)27/h14,16-17,19-21H,3-13,15,18H2,1-2H3. The first-order valence-electron chi connectivity index (χ1n) is 11.9. The van der Waals surface area contributed by atoms with Gasteiger partial charge in [-0.3, -0.25) is 0 Å². The van der Waals surface area contributed by atoms with Crippen molar-refractivity contribution in [3.05, 3.63) is 34.6 Å². The van der Waals surface area contributed by atoms with Crippen molar-refractivity contribution in [1.29, 1.82) is 0 Å². The molecule has 0 heterocycles. The van der Waals surface area contributed by atoms with E-state index in [1.807, 2.05) is 13.0 Å². The van der Waals surface area contributed by atoms with E-state index in [1.54, 1.807) is 6.07 Å². The van der Waals surface area contributed by atoms with E-state index in [4.69, 9.17) is 16.3 Å². The Hall–Kier alpha value is -1.02. The Balaban J connectivity index is 1.54. The molecule has 1 aromatic rings. The molecule has 0 radical (unpaired) electrons. The number of hydrogen-bond donors (Lipinski definition) is 0. The first-order valence-corrected chi connectivity index (χ1v) is 12.3. The molecule has 0 N–H and O–H groups in total. The van der Waals surface area contributed by atoms with Crippen LogP contribution in [-0.2, 0) is 0 Å². The predicted molar refractivity (Wildman–Crippen MR) is 122 cm³/mol. The van der Waals surface area contributed by atoms with Gasteiger partial charge in [0.1, 0.15) is 0 Å². The minimum Gasteiger partial charge on any atom is -0.490 e. The fourth-order valence-electron chi connectivity index (χ4n) is 5.26. The van der Waals surface area contributed by atoms with Crippen LogP contribution >= 0.6 is 11.6 Å². The molecular formula is C26H38ClFO. The summed E-state index contributed by atoms with van der Waals surface area (Å²) < 4.78 is 20.0. The highest BCUT2D eigenvalue weighted by atomic mass is 35.5. The number of allylic oxidation sites excluding steroid dienone is 2. The number of unbranched alkanes of at least 4 members (excludes halogenated alkanes) is 2. The summed E-state index contributed by atoms with van der Waals surface area (Å²) in [5.41, 5.74) is 2.06. The van der Waals surface area contributed by atoms with E-state index < -0.39 is 5.82 Å². The molecule has 3 heteroatoms. The van der Waals surface area contributed by atoms with Gasteiger partial charge in [0.2, 0.25) is 0 Å². The fraction of sp³-hybridized carbons (Fsp3) is 0.692. The van der Waals surface area contributed by atoms with Crippen molar-refractivity contribution in [2.75, 3.05) is 6.61 Å². The van der Waals surface area contributed by atoms with Gasteiger partial charge < -0.3 is 4.74 Å². The smallest absolute Gasteiger partial charge is 0.184 e. The number of hydrogen-bond acceptors (Lipinski definition) is 1. The summed E-state index contributed by atoms with van der Waals surface area (Å²) in [6.45, 7) is 4.81. The van der Waals surface area contributed by atoms with E-state index in [2.05, 4.69) is 13.0 Å². The second-order valence-corrected chi connectivity index (χ2v) is 9.51. The van der Waals surface area contributed by atoms with Gasteiger partial charge in [-0.05, 0) is 79.5 Å². The van der Waals surface area contributed by atoms with Crippen LogP contribution in [0.25, 0.3) is 5.57 Å². The van der Waals surface area contributed by atoms with Crippen molar-refractivity contribution < 1.29 is 9.13 Å². The molecule has 0 spiro atoms. The highest BCUT2D eigenvalue weighted by molar-refractivity contribution is 6.32. The molecule has 1 atom stereocenters. The molecule has 1 saturated carbocycles. The molecule has 162 valence electrons. The third-order valence-corrected chi connectivity index (χ3v) is 7.45. The highest BCUT2D eigenvalue weighted by Gasteiger charge is 2.29. The molecular weight excluding hydrogens is 383 g/mol. The lowest BCUT2D eigenvalue weighted by atomic mass is 9.70. The molecule has 1 aromatic carbocycles. The van der Waals surface area contributed by atoms with E-state index in [0.29, 0.717) is 6.61 Å². The Morgan fingerprint density at radius 2 is 1.79 bits per heavy atom. The van der Waals surface area contributed by atoms with Crippen LogP contribution in [0.4, 0.5) is 4.39 Å². The number of rotatable bonds is 9. The van der Waals surface area contributed by atoms with Crippen LogP contribution in [-0.4, -0.2) is 6.61 Å². The summed E-state index contributed by atoms with van der Waals surface area (Å²) in [7, 11) is 0. The molecule has 3 rings (SSSR count). The number of halogens is 2. The van der Waals surface area contributed by atoms with Gasteiger partial charge in [0.05, 0.1) is 11.6 Å². The lowest BCUT2D eigenvalue weighted by Gasteiger charge is -2.35. The van der Waals surface area contributed by atoms with Crippen molar-refractivity contribution in [3.8, 4) is 5.75 Å². The highest BCUT2D eigenvalue weighted by Crippen LogP contribution is 2.43. The van der Waals surface area contributed by atoms with Crippen molar-refractivity contribution in [2.45, 2.75) is 90.9 Å². The Kier molecular flexibility index (Phi) is 8.90. The van der Waals surface area contributed by atoms with Crippen molar-refractivity contribution in [2.24, 2.45) is 17.8 Å². The summed E-state index contributed by atoms with van der Waals surface area (Å²) in [6.07, 6.45) is 17.8. The Morgan fingerprint density at radius 1 is 1.00 bits per heavy atom. The van der Waals surface area contributed by atoms with Crippen LogP contribution in [0, 0.1) is 23.6 Å². The van der Waals surface area contributed by atoms with Crippen molar-refractivity contribution >= 4 is 17.2 Å². The quantitative estimate of drug-likeness (QED) is 0.362. The molecule has 1 unspecified atom stereocenters. The summed E-state index contributed by atoms with van der Waals surface area (Å²) in [6, 6.07) is 3.67. The predicted octanol–water partition coefficient (Wildman–Crippen LogP) is 8.84. The van der Waals surface area contributed by atoms with Gasteiger partial charge in [0.25, 0.3) is 0 Å². The SMILES string of the molecule is CCCCCC1CCC(C2CC=C(c3ccc(OCCC)c(F)c3Cl)CC2)CC1. The lowest BCUT2D eigenvalue weighted by Crippen LogP contribution is -2.23. The van der Waals surface area contributed by atoms with E-state index in [-0.39, 0.29) is 10.8 Å². The lowest BCUT2D eigenvalue weighted by molar-refractivity contribution is 0.187. The molecule has 0 aliphatic heterocycles. The van der Waals surface area contributed by atoms with E-state index in [0.717, 1.165) is 42.6 Å². The maximum Gasteiger partial charge on any atom is 0.184 e. The van der Waals surface area contributed by atoms with Crippen LogP contribution in [0.3, 0.4) is 0 Å². The molecule has 0 bridgehead atoms. The van der Waals surface area contributed by atoms with Gasteiger partial charge >= 0.3 is 0 Å². The Bertz CT molecular complexity index is 676. The largest absolute Gasteiger partial charge is 0.490 e. The van der Waals surface area contributed by atoms with Gasteiger partial charge in [-0.2, -0.15) is 0 Å². The molecule has 0 aromatic heterocycles. The summed E-state index contributed by atoms with van der Waals surface area (Å²) in [5, 5.41) is 0.218. The molecule has 29 heavy (non-hydrogen) atoms. The average molecular weight is 421 g/mol.